The van der Waals surface area contributed by atoms with Crippen LogP contribution >= 0.6 is 0 Å². The number of urea groups is 1. The van der Waals surface area contributed by atoms with E-state index in [1.165, 1.54) is 0 Å². The molecule has 0 aliphatic carbocycles. The molecule has 5 nitrogen and oxygen atoms in total. The standard InChI is InChI=1S/C19H22N2O3/c1-3-11-20-19(22)21-17-6-4-5-16(12-17)14-24-13-15-7-9-18(23-2)10-8-15/h3-10,12H,1,11,13-14H2,2H3,(H2,20,21,22). The lowest BCUT2D eigenvalue weighted by Crippen LogP contribution is -2.28. The van der Waals surface area contributed by atoms with Crippen molar-refractivity contribution in [1.82, 2.24) is 5.32 Å². The van der Waals surface area contributed by atoms with E-state index in [-0.39, 0.29) is 6.03 Å². The van der Waals surface area contributed by atoms with Crippen LogP contribution in [0.4, 0.5) is 10.5 Å². The van der Waals surface area contributed by atoms with Gasteiger partial charge in [-0.2, -0.15) is 0 Å². The molecular formula is C19H22N2O3. The zero-order chi connectivity index (χ0) is 17.2. The van der Waals surface area contributed by atoms with E-state index in [2.05, 4.69) is 17.2 Å². The number of carbonyl (C=O) groups excluding carboxylic acids is 1. The molecular weight excluding hydrogens is 304 g/mol. The summed E-state index contributed by atoms with van der Waals surface area (Å²) in [6, 6.07) is 15.1. The molecule has 0 saturated heterocycles. The second-order valence-corrected chi connectivity index (χ2v) is 5.16. The van der Waals surface area contributed by atoms with Crippen LogP contribution in [0.2, 0.25) is 0 Å². The molecule has 0 fully saturated rings. The summed E-state index contributed by atoms with van der Waals surface area (Å²) in [5.74, 6) is 0.826. The van der Waals surface area contributed by atoms with E-state index in [1.807, 2.05) is 48.5 Å². The van der Waals surface area contributed by atoms with Crippen LogP contribution in [0.15, 0.2) is 61.2 Å². The fourth-order valence-electron chi connectivity index (χ4n) is 2.09. The van der Waals surface area contributed by atoms with Crippen molar-refractivity contribution in [1.29, 1.82) is 0 Å². The minimum atomic E-state index is -0.258. The Morgan fingerprint density at radius 1 is 1.12 bits per heavy atom. The van der Waals surface area contributed by atoms with Gasteiger partial charge in [-0.25, -0.2) is 4.79 Å². The maximum absolute atomic E-state index is 11.6. The molecule has 2 rings (SSSR count). The lowest BCUT2D eigenvalue weighted by molar-refractivity contribution is 0.107. The number of nitrogens with one attached hydrogen (secondary N) is 2. The van der Waals surface area contributed by atoms with E-state index in [0.717, 1.165) is 22.6 Å². The highest BCUT2D eigenvalue weighted by molar-refractivity contribution is 5.89. The minimum Gasteiger partial charge on any atom is -0.497 e. The fraction of sp³-hybridized carbons (Fsp3) is 0.211. The van der Waals surface area contributed by atoms with Gasteiger partial charge in [-0.1, -0.05) is 30.3 Å². The van der Waals surface area contributed by atoms with Gasteiger partial charge in [0.05, 0.1) is 20.3 Å². The normalized spacial score (nSPS) is 10.0. The molecule has 24 heavy (non-hydrogen) atoms. The van der Waals surface area contributed by atoms with E-state index >= 15 is 0 Å². The van der Waals surface area contributed by atoms with Gasteiger partial charge in [-0.05, 0) is 35.4 Å². The van der Waals surface area contributed by atoms with Gasteiger partial charge < -0.3 is 20.1 Å². The van der Waals surface area contributed by atoms with Gasteiger partial charge in [-0.3, -0.25) is 0 Å². The zero-order valence-electron chi connectivity index (χ0n) is 13.7. The second kappa shape index (κ2) is 9.37. The summed E-state index contributed by atoms with van der Waals surface area (Å²) in [5.41, 5.74) is 2.79. The molecule has 0 aliphatic heterocycles. The number of methoxy groups -OCH3 is 1. The second-order valence-electron chi connectivity index (χ2n) is 5.16. The first-order chi connectivity index (χ1) is 11.7. The Labute approximate surface area is 142 Å². The first kappa shape index (κ1) is 17.6. The molecule has 0 unspecified atom stereocenters. The quantitative estimate of drug-likeness (QED) is 0.727. The fourth-order valence-corrected chi connectivity index (χ4v) is 2.09. The first-order valence-corrected chi connectivity index (χ1v) is 7.66. The number of anilines is 1. The van der Waals surface area contributed by atoms with Gasteiger partial charge in [0.15, 0.2) is 0 Å². The Balaban J connectivity index is 1.82. The van der Waals surface area contributed by atoms with E-state index < -0.39 is 0 Å². The predicted octanol–water partition coefficient (Wildman–Crippen LogP) is 3.72. The van der Waals surface area contributed by atoms with E-state index in [9.17, 15) is 4.79 Å². The molecule has 0 aromatic heterocycles. The molecule has 2 aromatic carbocycles. The molecule has 0 aliphatic rings. The summed E-state index contributed by atoms with van der Waals surface area (Å²) in [7, 11) is 1.64. The Kier molecular flexibility index (Phi) is 6.86. The van der Waals surface area contributed by atoms with Crippen LogP contribution in [0, 0.1) is 0 Å². The average Bonchev–Trinajstić information content (AvgIpc) is 2.61. The van der Waals surface area contributed by atoms with Crippen LogP contribution in [-0.2, 0) is 18.0 Å². The van der Waals surface area contributed by atoms with Crippen molar-refractivity contribution in [2.24, 2.45) is 0 Å². The summed E-state index contributed by atoms with van der Waals surface area (Å²) in [4.78, 5) is 11.6. The monoisotopic (exact) mass is 326 g/mol. The molecule has 0 heterocycles. The van der Waals surface area contributed by atoms with Crippen LogP contribution in [0.25, 0.3) is 0 Å². The Morgan fingerprint density at radius 3 is 2.58 bits per heavy atom. The predicted molar refractivity (Wildman–Crippen MR) is 95.1 cm³/mol. The largest absolute Gasteiger partial charge is 0.497 e. The molecule has 0 bridgehead atoms. The minimum absolute atomic E-state index is 0.258. The van der Waals surface area contributed by atoms with Crippen molar-refractivity contribution in [3.8, 4) is 5.75 Å². The smallest absolute Gasteiger partial charge is 0.319 e. The third-order valence-electron chi connectivity index (χ3n) is 3.29. The summed E-state index contributed by atoms with van der Waals surface area (Å²) >= 11 is 0. The molecule has 0 saturated carbocycles. The molecule has 2 amide bonds. The van der Waals surface area contributed by atoms with Gasteiger partial charge in [-0.15, -0.1) is 6.58 Å². The third-order valence-corrected chi connectivity index (χ3v) is 3.29. The van der Waals surface area contributed by atoms with Crippen molar-refractivity contribution >= 4 is 11.7 Å². The van der Waals surface area contributed by atoms with Crippen molar-refractivity contribution < 1.29 is 14.3 Å². The van der Waals surface area contributed by atoms with E-state index in [4.69, 9.17) is 9.47 Å². The maximum atomic E-state index is 11.6. The number of rotatable bonds is 8. The summed E-state index contributed by atoms with van der Waals surface area (Å²) in [6.45, 7) is 4.97. The van der Waals surface area contributed by atoms with Crippen molar-refractivity contribution in [2.45, 2.75) is 13.2 Å². The van der Waals surface area contributed by atoms with Gasteiger partial charge in [0.25, 0.3) is 0 Å². The summed E-state index contributed by atoms with van der Waals surface area (Å²) < 4.78 is 10.8. The zero-order valence-corrected chi connectivity index (χ0v) is 13.7. The number of carbonyl (C=O) groups is 1. The lowest BCUT2D eigenvalue weighted by Gasteiger charge is -2.09. The maximum Gasteiger partial charge on any atom is 0.319 e. The van der Waals surface area contributed by atoms with E-state index in [0.29, 0.717) is 19.8 Å². The highest BCUT2D eigenvalue weighted by Gasteiger charge is 2.02. The van der Waals surface area contributed by atoms with Crippen LogP contribution < -0.4 is 15.4 Å². The molecule has 2 aromatic rings. The lowest BCUT2D eigenvalue weighted by atomic mass is 10.2. The third kappa shape index (κ3) is 5.78. The number of benzene rings is 2. The molecule has 126 valence electrons. The molecule has 0 radical (unpaired) electrons. The SMILES string of the molecule is C=CCNC(=O)Nc1cccc(COCc2ccc(OC)cc2)c1. The number of hydrogen-bond donors (Lipinski definition) is 2. The molecule has 0 spiro atoms. The van der Waals surface area contributed by atoms with Crippen LogP contribution in [0.3, 0.4) is 0 Å². The number of ether oxygens (including phenoxy) is 2. The molecule has 5 heteroatoms. The topological polar surface area (TPSA) is 59.6 Å². The van der Waals surface area contributed by atoms with Crippen LogP contribution in [0.1, 0.15) is 11.1 Å². The highest BCUT2D eigenvalue weighted by Crippen LogP contribution is 2.14. The summed E-state index contributed by atoms with van der Waals surface area (Å²) in [6.07, 6.45) is 1.63. The Bertz CT molecular complexity index is 669. The van der Waals surface area contributed by atoms with Crippen LogP contribution in [0.5, 0.6) is 5.75 Å². The van der Waals surface area contributed by atoms with Gasteiger partial charge in [0.1, 0.15) is 5.75 Å². The highest BCUT2D eigenvalue weighted by atomic mass is 16.5. The van der Waals surface area contributed by atoms with Gasteiger partial charge >= 0.3 is 6.03 Å². The average molecular weight is 326 g/mol. The van der Waals surface area contributed by atoms with E-state index in [1.54, 1.807) is 13.2 Å². The van der Waals surface area contributed by atoms with Crippen molar-refractivity contribution in [2.75, 3.05) is 19.0 Å². The Morgan fingerprint density at radius 2 is 1.88 bits per heavy atom. The Hall–Kier alpha value is -2.79. The van der Waals surface area contributed by atoms with Crippen molar-refractivity contribution in [3.05, 3.63) is 72.3 Å². The first-order valence-electron chi connectivity index (χ1n) is 7.66. The van der Waals surface area contributed by atoms with Gasteiger partial charge in [0, 0.05) is 12.2 Å². The molecule has 0 atom stereocenters. The summed E-state index contributed by atoms with van der Waals surface area (Å²) in [5, 5.41) is 5.44. The number of hydrogen-bond acceptors (Lipinski definition) is 3. The van der Waals surface area contributed by atoms with Crippen LogP contribution in [-0.4, -0.2) is 19.7 Å². The van der Waals surface area contributed by atoms with Gasteiger partial charge in [0.2, 0.25) is 0 Å². The van der Waals surface area contributed by atoms with Crippen molar-refractivity contribution in [3.63, 3.8) is 0 Å². The number of amides is 2. The molecule has 2 N–H and O–H groups in total.